The number of hydrogen-bond acceptors (Lipinski definition) is 4. The summed E-state index contributed by atoms with van der Waals surface area (Å²) in [6.07, 6.45) is -0.558. The Hall–Kier alpha value is -1.48. The Morgan fingerprint density at radius 1 is 1.19 bits per heavy atom. The molecule has 0 amide bonds. The van der Waals surface area contributed by atoms with E-state index in [1.807, 2.05) is 24.3 Å². The minimum atomic E-state index is -0.558. The van der Waals surface area contributed by atoms with Gasteiger partial charge in [-0.2, -0.15) is 5.26 Å². The first-order valence-corrected chi connectivity index (χ1v) is 8.15. The van der Waals surface area contributed by atoms with Crippen molar-refractivity contribution in [3.63, 3.8) is 0 Å². The van der Waals surface area contributed by atoms with E-state index in [4.69, 9.17) is 10.00 Å². The van der Waals surface area contributed by atoms with Crippen LogP contribution >= 0.6 is 27.7 Å². The molecule has 0 aromatic heterocycles. The monoisotopic (exact) mass is 363 g/mol. The molecule has 1 N–H and O–H groups in total. The Balaban J connectivity index is 1.78. The normalized spacial score (nSPS) is 11.7. The number of nitriles is 1. The van der Waals surface area contributed by atoms with Crippen molar-refractivity contribution < 1.29 is 9.84 Å². The van der Waals surface area contributed by atoms with Crippen molar-refractivity contribution in [2.45, 2.75) is 11.0 Å². The van der Waals surface area contributed by atoms with Crippen molar-refractivity contribution in [2.24, 2.45) is 0 Å². The standard InChI is InChI=1S/C16H14BrNO2S/c17-15-3-1-2-4-16(15)21-11-13(19)10-20-14-7-5-12(9-18)6-8-14/h1-8,13,19H,10-11H2. The maximum atomic E-state index is 9.95. The van der Waals surface area contributed by atoms with Gasteiger partial charge in [0.05, 0.1) is 17.7 Å². The zero-order valence-electron chi connectivity index (χ0n) is 11.2. The molecule has 0 saturated carbocycles. The van der Waals surface area contributed by atoms with Gasteiger partial charge in [0.25, 0.3) is 0 Å². The van der Waals surface area contributed by atoms with Crippen molar-refractivity contribution in [1.29, 1.82) is 5.26 Å². The van der Waals surface area contributed by atoms with Crippen LogP contribution in [0.4, 0.5) is 0 Å². The number of benzene rings is 2. The number of hydrogen-bond donors (Lipinski definition) is 1. The predicted molar refractivity (Wildman–Crippen MR) is 87.5 cm³/mol. The van der Waals surface area contributed by atoms with Crippen LogP contribution in [0.2, 0.25) is 0 Å². The third-order valence-electron chi connectivity index (χ3n) is 2.69. The van der Waals surface area contributed by atoms with Crippen LogP contribution in [-0.4, -0.2) is 23.6 Å². The van der Waals surface area contributed by atoms with E-state index >= 15 is 0 Å². The molecule has 21 heavy (non-hydrogen) atoms. The third-order valence-corrected chi connectivity index (χ3v) is 4.87. The lowest BCUT2D eigenvalue weighted by Crippen LogP contribution is -2.20. The Bertz CT molecular complexity index is 625. The van der Waals surface area contributed by atoms with E-state index in [0.717, 1.165) is 9.37 Å². The highest BCUT2D eigenvalue weighted by Crippen LogP contribution is 2.27. The zero-order chi connectivity index (χ0) is 15.1. The number of rotatable bonds is 6. The van der Waals surface area contributed by atoms with Crippen molar-refractivity contribution >= 4 is 27.7 Å². The molecule has 1 atom stereocenters. The highest BCUT2D eigenvalue weighted by molar-refractivity contribution is 9.10. The summed E-state index contributed by atoms with van der Waals surface area (Å²) in [7, 11) is 0. The maximum absolute atomic E-state index is 9.95. The average molecular weight is 364 g/mol. The molecule has 0 radical (unpaired) electrons. The van der Waals surface area contributed by atoms with Gasteiger partial charge in [0.1, 0.15) is 12.4 Å². The van der Waals surface area contributed by atoms with Gasteiger partial charge in [0.15, 0.2) is 0 Å². The Morgan fingerprint density at radius 2 is 1.90 bits per heavy atom. The van der Waals surface area contributed by atoms with Crippen LogP contribution in [-0.2, 0) is 0 Å². The van der Waals surface area contributed by atoms with Gasteiger partial charge in [-0.1, -0.05) is 12.1 Å². The van der Waals surface area contributed by atoms with Gasteiger partial charge >= 0.3 is 0 Å². The molecule has 5 heteroatoms. The number of aliphatic hydroxyl groups excluding tert-OH is 1. The molecule has 3 nitrogen and oxygen atoms in total. The molecule has 2 rings (SSSR count). The summed E-state index contributed by atoms with van der Waals surface area (Å²) in [6.45, 7) is 0.226. The number of nitrogens with zero attached hydrogens (tertiary/aromatic N) is 1. The fourth-order valence-corrected chi connectivity index (χ4v) is 3.09. The molecule has 0 heterocycles. The highest BCUT2D eigenvalue weighted by Gasteiger charge is 2.08. The average Bonchev–Trinajstić information content (AvgIpc) is 2.52. The van der Waals surface area contributed by atoms with Gasteiger partial charge in [-0.05, 0) is 52.3 Å². The first-order valence-electron chi connectivity index (χ1n) is 6.37. The summed E-state index contributed by atoms with van der Waals surface area (Å²) in [4.78, 5) is 1.09. The first-order chi connectivity index (χ1) is 10.2. The van der Waals surface area contributed by atoms with Crippen LogP contribution in [0.1, 0.15) is 5.56 Å². The van der Waals surface area contributed by atoms with Crippen LogP contribution in [0, 0.1) is 11.3 Å². The molecule has 0 spiro atoms. The van der Waals surface area contributed by atoms with E-state index in [-0.39, 0.29) is 6.61 Å². The first kappa shape index (κ1) is 15.9. The number of thioether (sulfide) groups is 1. The van der Waals surface area contributed by atoms with Gasteiger partial charge in [-0.3, -0.25) is 0 Å². The smallest absolute Gasteiger partial charge is 0.119 e. The quantitative estimate of drug-likeness (QED) is 0.791. The molecule has 0 fully saturated rings. The summed E-state index contributed by atoms with van der Waals surface area (Å²) in [5.41, 5.74) is 0.590. The zero-order valence-corrected chi connectivity index (χ0v) is 13.6. The number of ether oxygens (including phenoxy) is 1. The lowest BCUT2D eigenvalue weighted by molar-refractivity contribution is 0.126. The summed E-state index contributed by atoms with van der Waals surface area (Å²) in [6, 6.07) is 16.8. The SMILES string of the molecule is N#Cc1ccc(OCC(O)CSc2ccccc2Br)cc1. The summed E-state index contributed by atoms with van der Waals surface area (Å²) in [5, 5.41) is 18.7. The molecule has 0 aliphatic rings. The minimum absolute atomic E-state index is 0.226. The molecule has 0 saturated heterocycles. The lowest BCUT2D eigenvalue weighted by Gasteiger charge is -2.12. The van der Waals surface area contributed by atoms with E-state index in [2.05, 4.69) is 22.0 Å². The summed E-state index contributed by atoms with van der Waals surface area (Å²) in [5.74, 6) is 1.21. The van der Waals surface area contributed by atoms with E-state index in [1.54, 1.807) is 36.0 Å². The van der Waals surface area contributed by atoms with E-state index in [0.29, 0.717) is 17.1 Å². The second kappa shape index (κ2) is 8.08. The van der Waals surface area contributed by atoms with Crippen molar-refractivity contribution in [1.82, 2.24) is 0 Å². The van der Waals surface area contributed by atoms with Crippen molar-refractivity contribution in [3.8, 4) is 11.8 Å². The van der Waals surface area contributed by atoms with Crippen molar-refractivity contribution in [3.05, 3.63) is 58.6 Å². The molecule has 0 aliphatic carbocycles. The largest absolute Gasteiger partial charge is 0.491 e. The maximum Gasteiger partial charge on any atom is 0.119 e. The van der Waals surface area contributed by atoms with Crippen LogP contribution in [0.5, 0.6) is 5.75 Å². The molecule has 0 aliphatic heterocycles. The van der Waals surface area contributed by atoms with E-state index < -0.39 is 6.10 Å². The second-order valence-corrected chi connectivity index (χ2v) is 6.26. The highest BCUT2D eigenvalue weighted by atomic mass is 79.9. The molecule has 2 aromatic rings. The van der Waals surface area contributed by atoms with Crippen LogP contribution in [0.15, 0.2) is 57.9 Å². The number of halogens is 1. The third kappa shape index (κ3) is 5.09. The van der Waals surface area contributed by atoms with Crippen LogP contribution in [0.25, 0.3) is 0 Å². The molecular formula is C16H14BrNO2S. The van der Waals surface area contributed by atoms with Crippen LogP contribution in [0.3, 0.4) is 0 Å². The van der Waals surface area contributed by atoms with Crippen molar-refractivity contribution in [2.75, 3.05) is 12.4 Å². The topological polar surface area (TPSA) is 53.2 Å². The lowest BCUT2D eigenvalue weighted by atomic mass is 10.2. The fraction of sp³-hybridized carbons (Fsp3) is 0.188. The van der Waals surface area contributed by atoms with E-state index in [9.17, 15) is 5.11 Å². The summed E-state index contributed by atoms with van der Waals surface area (Å²) < 4.78 is 6.52. The predicted octanol–water partition coefficient (Wildman–Crippen LogP) is 3.85. The molecular weight excluding hydrogens is 350 g/mol. The Morgan fingerprint density at radius 3 is 2.57 bits per heavy atom. The Kier molecular flexibility index (Phi) is 6.12. The molecule has 1 unspecified atom stereocenters. The minimum Gasteiger partial charge on any atom is -0.491 e. The number of aliphatic hydroxyl groups is 1. The van der Waals surface area contributed by atoms with E-state index in [1.165, 1.54) is 0 Å². The van der Waals surface area contributed by atoms with Gasteiger partial charge in [-0.15, -0.1) is 11.8 Å². The van der Waals surface area contributed by atoms with Gasteiger partial charge in [0.2, 0.25) is 0 Å². The van der Waals surface area contributed by atoms with Gasteiger partial charge in [0, 0.05) is 15.1 Å². The second-order valence-electron chi connectivity index (χ2n) is 4.34. The van der Waals surface area contributed by atoms with Crippen LogP contribution < -0.4 is 4.74 Å². The molecule has 108 valence electrons. The fourth-order valence-electron chi connectivity index (χ4n) is 1.61. The van der Waals surface area contributed by atoms with Gasteiger partial charge < -0.3 is 9.84 Å². The summed E-state index contributed by atoms with van der Waals surface area (Å²) >= 11 is 5.05. The Labute approximate surface area is 136 Å². The molecule has 2 aromatic carbocycles. The van der Waals surface area contributed by atoms with Gasteiger partial charge in [-0.25, -0.2) is 0 Å². The molecule has 0 bridgehead atoms.